The van der Waals surface area contributed by atoms with Crippen molar-refractivity contribution in [2.75, 3.05) is 11.4 Å². The van der Waals surface area contributed by atoms with Crippen LogP contribution in [0.15, 0.2) is 60.7 Å². The maximum Gasteiger partial charge on any atom is 0.269 e. The molecule has 0 bridgehead atoms. The first kappa shape index (κ1) is 17.3. The molecule has 146 valence electrons. The van der Waals surface area contributed by atoms with Crippen molar-refractivity contribution >= 4 is 23.0 Å². The third kappa shape index (κ3) is 2.45. The van der Waals surface area contributed by atoms with Gasteiger partial charge in [-0.2, -0.15) is 0 Å². The summed E-state index contributed by atoms with van der Waals surface area (Å²) in [5.41, 5.74) is 5.18. The van der Waals surface area contributed by atoms with Crippen LogP contribution in [-0.4, -0.2) is 11.5 Å². The predicted octanol–water partition coefficient (Wildman–Crippen LogP) is 6.14. The van der Waals surface area contributed by atoms with E-state index < -0.39 is 0 Å². The lowest BCUT2D eigenvalue weighted by atomic mass is 9.70. The van der Waals surface area contributed by atoms with E-state index in [4.69, 9.17) is 11.6 Å². The van der Waals surface area contributed by atoms with E-state index in [1.165, 1.54) is 16.8 Å². The molecule has 2 aromatic carbocycles. The molecule has 2 aromatic rings. The first-order valence-corrected chi connectivity index (χ1v) is 10.7. The molecule has 0 fully saturated rings. The number of hydrogen-bond donors (Lipinski definition) is 0. The third-order valence-electron chi connectivity index (χ3n) is 7.24. The van der Waals surface area contributed by atoms with Crippen molar-refractivity contribution in [2.24, 2.45) is 11.8 Å². The minimum atomic E-state index is -0.289. The summed E-state index contributed by atoms with van der Waals surface area (Å²) in [4.78, 5) is 13.7. The minimum Gasteiger partial charge on any atom is -0.363 e. The summed E-state index contributed by atoms with van der Waals surface area (Å²) in [6, 6.07) is 11.7. The van der Waals surface area contributed by atoms with Gasteiger partial charge in [-0.05, 0) is 53.5 Å². The lowest BCUT2D eigenvalue weighted by molar-refractivity contribution is -0.384. The van der Waals surface area contributed by atoms with Gasteiger partial charge in [-0.15, -0.1) is 0 Å². The van der Waals surface area contributed by atoms with Crippen LogP contribution in [-0.2, 0) is 0 Å². The van der Waals surface area contributed by atoms with Crippen LogP contribution in [0.4, 0.5) is 11.4 Å². The van der Waals surface area contributed by atoms with Gasteiger partial charge in [0.05, 0.1) is 11.0 Å². The SMILES string of the molecule is O=[N+]([O-])c1cccc([C@@H]2[C@H]3CC=C[C@@H]3c3cc(Cl)cc4c3N2C[C@H]2CC=C[C@H]42)c1. The standard InChI is InChI=1S/C24H21ClN2O2/c25-16-11-21-18-7-2-5-15(18)13-26-23(14-4-1-6-17(10-14)27(28)29)20-9-3-8-19(20)22(12-16)24(21)26/h1-4,6-8,10-12,15,18-20,23H,5,9,13H2/t15-,18+,19+,20+,23-/m1/s1. The zero-order chi connectivity index (χ0) is 19.7. The van der Waals surface area contributed by atoms with Crippen LogP contribution in [0, 0.1) is 22.0 Å². The Bertz CT molecular complexity index is 1080. The quantitative estimate of drug-likeness (QED) is 0.343. The second-order valence-corrected chi connectivity index (χ2v) is 9.12. The molecule has 0 aromatic heterocycles. The van der Waals surface area contributed by atoms with Crippen molar-refractivity contribution in [3.8, 4) is 0 Å². The number of nitrogens with zero attached hydrogens (tertiary/aromatic N) is 2. The summed E-state index contributed by atoms with van der Waals surface area (Å²) in [7, 11) is 0. The van der Waals surface area contributed by atoms with Crippen LogP contribution in [0.2, 0.25) is 5.02 Å². The smallest absolute Gasteiger partial charge is 0.269 e. The number of benzene rings is 2. The highest BCUT2D eigenvalue weighted by Crippen LogP contribution is 2.59. The van der Waals surface area contributed by atoms with Gasteiger partial charge in [0.1, 0.15) is 0 Å². The first-order valence-electron chi connectivity index (χ1n) is 10.3. The minimum absolute atomic E-state index is 0.142. The number of hydrogen-bond acceptors (Lipinski definition) is 3. The van der Waals surface area contributed by atoms with Crippen molar-refractivity contribution in [3.05, 3.63) is 92.5 Å². The van der Waals surface area contributed by atoms with Gasteiger partial charge in [-0.3, -0.25) is 10.1 Å². The lowest BCUT2D eigenvalue weighted by Crippen LogP contribution is -2.46. The lowest BCUT2D eigenvalue weighted by Gasteiger charge is -2.51. The van der Waals surface area contributed by atoms with E-state index in [0.717, 1.165) is 30.0 Å². The number of nitro benzene ring substituents is 1. The Labute approximate surface area is 174 Å². The molecule has 0 saturated carbocycles. The molecular formula is C24H21ClN2O2. The van der Waals surface area contributed by atoms with E-state index in [9.17, 15) is 10.1 Å². The Morgan fingerprint density at radius 2 is 1.79 bits per heavy atom. The number of fused-ring (bicyclic) bond motifs is 4. The van der Waals surface area contributed by atoms with Gasteiger partial charge >= 0.3 is 0 Å². The molecule has 5 atom stereocenters. The van der Waals surface area contributed by atoms with Crippen molar-refractivity contribution in [2.45, 2.75) is 30.7 Å². The van der Waals surface area contributed by atoms with Crippen molar-refractivity contribution in [3.63, 3.8) is 0 Å². The highest BCUT2D eigenvalue weighted by molar-refractivity contribution is 6.30. The zero-order valence-electron chi connectivity index (χ0n) is 15.9. The molecule has 0 unspecified atom stereocenters. The normalized spacial score (nSPS) is 30.8. The average Bonchev–Trinajstić information content (AvgIpc) is 3.37. The fraction of sp³-hybridized carbons (Fsp3) is 0.333. The second-order valence-electron chi connectivity index (χ2n) is 8.69. The number of anilines is 1. The number of non-ortho nitro benzene ring substituents is 1. The Hall–Kier alpha value is -2.59. The summed E-state index contributed by atoms with van der Waals surface area (Å²) in [5, 5.41) is 12.2. The summed E-state index contributed by atoms with van der Waals surface area (Å²) >= 11 is 6.58. The van der Waals surface area contributed by atoms with Crippen LogP contribution in [0.25, 0.3) is 0 Å². The van der Waals surface area contributed by atoms with E-state index in [-0.39, 0.29) is 16.7 Å². The largest absolute Gasteiger partial charge is 0.363 e. The summed E-state index contributed by atoms with van der Waals surface area (Å²) < 4.78 is 0. The molecule has 29 heavy (non-hydrogen) atoms. The number of allylic oxidation sites excluding steroid dienone is 4. The van der Waals surface area contributed by atoms with Crippen LogP contribution < -0.4 is 4.90 Å². The van der Waals surface area contributed by atoms with Gasteiger partial charge in [0.2, 0.25) is 0 Å². The van der Waals surface area contributed by atoms with Gasteiger partial charge < -0.3 is 4.90 Å². The van der Waals surface area contributed by atoms with Gasteiger partial charge in [-0.25, -0.2) is 0 Å². The van der Waals surface area contributed by atoms with E-state index in [1.54, 1.807) is 12.1 Å². The monoisotopic (exact) mass is 404 g/mol. The molecule has 2 aliphatic heterocycles. The molecule has 0 spiro atoms. The van der Waals surface area contributed by atoms with Crippen LogP contribution in [0.5, 0.6) is 0 Å². The van der Waals surface area contributed by atoms with E-state index in [1.807, 2.05) is 6.07 Å². The topological polar surface area (TPSA) is 46.4 Å². The number of nitro groups is 1. The van der Waals surface area contributed by atoms with Crippen LogP contribution in [0.3, 0.4) is 0 Å². The maximum absolute atomic E-state index is 11.4. The summed E-state index contributed by atoms with van der Waals surface area (Å²) in [6.07, 6.45) is 11.3. The average molecular weight is 405 g/mol. The molecule has 6 rings (SSSR count). The summed E-state index contributed by atoms with van der Waals surface area (Å²) in [5.74, 6) is 1.65. The number of halogens is 1. The molecule has 0 radical (unpaired) electrons. The second kappa shape index (κ2) is 6.20. The molecule has 0 saturated heterocycles. The highest BCUT2D eigenvalue weighted by atomic mass is 35.5. The molecular weight excluding hydrogens is 384 g/mol. The van der Waals surface area contributed by atoms with E-state index in [0.29, 0.717) is 23.7 Å². The Balaban J connectivity index is 1.57. The van der Waals surface area contributed by atoms with E-state index >= 15 is 0 Å². The highest BCUT2D eigenvalue weighted by Gasteiger charge is 2.47. The predicted molar refractivity (Wildman–Crippen MR) is 115 cm³/mol. The first-order chi connectivity index (χ1) is 14.1. The van der Waals surface area contributed by atoms with Crippen LogP contribution in [0.1, 0.15) is 47.4 Å². The molecule has 5 heteroatoms. The van der Waals surface area contributed by atoms with Crippen LogP contribution >= 0.6 is 11.6 Å². The van der Waals surface area contributed by atoms with Crippen molar-refractivity contribution in [1.29, 1.82) is 0 Å². The van der Waals surface area contributed by atoms with E-state index in [2.05, 4.69) is 47.4 Å². The molecule has 4 nitrogen and oxygen atoms in total. The molecule has 2 aliphatic carbocycles. The fourth-order valence-electron chi connectivity index (χ4n) is 6.14. The van der Waals surface area contributed by atoms with Gasteiger partial charge in [0, 0.05) is 41.2 Å². The Morgan fingerprint density at radius 1 is 1.03 bits per heavy atom. The Morgan fingerprint density at radius 3 is 2.62 bits per heavy atom. The van der Waals surface area contributed by atoms with Gasteiger partial charge in [0.25, 0.3) is 5.69 Å². The Kier molecular flexibility index (Phi) is 3.70. The van der Waals surface area contributed by atoms with Crippen molar-refractivity contribution < 1.29 is 4.92 Å². The zero-order valence-corrected chi connectivity index (χ0v) is 16.6. The third-order valence-corrected chi connectivity index (χ3v) is 7.46. The molecule has 2 heterocycles. The number of rotatable bonds is 2. The molecule has 0 amide bonds. The fourth-order valence-corrected chi connectivity index (χ4v) is 6.37. The van der Waals surface area contributed by atoms with Crippen molar-refractivity contribution in [1.82, 2.24) is 0 Å². The summed E-state index contributed by atoms with van der Waals surface area (Å²) in [6.45, 7) is 0.982. The molecule has 0 N–H and O–H groups in total. The van der Waals surface area contributed by atoms with Gasteiger partial charge in [-0.1, -0.05) is 48.0 Å². The molecule has 4 aliphatic rings. The van der Waals surface area contributed by atoms with Gasteiger partial charge in [0.15, 0.2) is 0 Å². The maximum atomic E-state index is 11.4.